The van der Waals surface area contributed by atoms with Crippen molar-refractivity contribution in [1.82, 2.24) is 10.6 Å². The Bertz CT molecular complexity index is 557. The lowest BCUT2D eigenvalue weighted by Crippen LogP contribution is -3.22. The number of benzene rings is 1. The molecule has 0 saturated carbocycles. The first kappa shape index (κ1) is 19.2. The number of rotatable bonds is 7. The summed E-state index contributed by atoms with van der Waals surface area (Å²) in [6.07, 6.45) is 0.261. The fraction of sp³-hybridized carbons (Fsp3) is 0.556. The molecule has 25 heavy (non-hydrogen) atoms. The van der Waals surface area contributed by atoms with Crippen molar-refractivity contribution < 1.29 is 19.2 Å². The molecule has 1 aliphatic rings. The average molecular weight is 349 g/mol. The summed E-state index contributed by atoms with van der Waals surface area (Å²) in [5.74, 6) is -0.0549. The van der Waals surface area contributed by atoms with Crippen LogP contribution < -0.4 is 20.9 Å². The summed E-state index contributed by atoms with van der Waals surface area (Å²) in [6.45, 7) is 8.68. The van der Waals surface area contributed by atoms with Crippen molar-refractivity contribution in [3.63, 3.8) is 0 Å². The summed E-state index contributed by atoms with van der Waals surface area (Å²) >= 11 is 0. The highest BCUT2D eigenvalue weighted by Gasteiger charge is 2.32. The second-order valence-corrected chi connectivity index (χ2v) is 6.87. The molecule has 0 aromatic heterocycles. The lowest BCUT2D eigenvalue weighted by atomic mass is 10.0. The van der Waals surface area contributed by atoms with E-state index in [1.807, 2.05) is 30.3 Å². The summed E-state index contributed by atoms with van der Waals surface area (Å²) in [5, 5.41) is 8.38. The minimum absolute atomic E-state index is 0.0302. The van der Waals surface area contributed by atoms with E-state index in [1.165, 1.54) is 4.90 Å². The Morgan fingerprint density at radius 2 is 1.80 bits per heavy atom. The number of amides is 3. The van der Waals surface area contributed by atoms with Gasteiger partial charge in [0.2, 0.25) is 5.91 Å². The molecule has 0 radical (unpaired) electrons. The van der Waals surface area contributed by atoms with Gasteiger partial charge in [-0.25, -0.2) is 4.79 Å². The number of carbonyl (C=O) groups excluding carboxylic acids is 2. The first-order chi connectivity index (χ1) is 12.0. The van der Waals surface area contributed by atoms with Crippen LogP contribution in [0, 0.1) is 0 Å². The van der Waals surface area contributed by atoms with Gasteiger partial charge in [-0.1, -0.05) is 18.2 Å². The van der Waals surface area contributed by atoms with Gasteiger partial charge in [-0.2, -0.15) is 0 Å². The van der Waals surface area contributed by atoms with E-state index in [1.54, 1.807) is 0 Å². The number of ether oxygens (including phenoxy) is 1. The number of morpholine rings is 1. The highest BCUT2D eigenvalue weighted by atomic mass is 16.5. The van der Waals surface area contributed by atoms with Gasteiger partial charge < -0.3 is 25.6 Å². The predicted octanol–water partition coefficient (Wildman–Crippen LogP) is 0.00810. The molecule has 1 aliphatic heterocycles. The Morgan fingerprint density at radius 3 is 2.48 bits per heavy atom. The van der Waals surface area contributed by atoms with Gasteiger partial charge in [0.1, 0.15) is 18.6 Å². The van der Waals surface area contributed by atoms with E-state index < -0.39 is 0 Å². The standard InChI is InChI=1S/C18H28N4O3/c1-18(2,22-10-12-25-13-11-22)14-20-16(23)8-9-19-17(24)21-15-6-4-3-5-7-15/h3-7H,8-14H2,1-2H3,(H,20,23)(H2,19,21,24)/p+1. The van der Waals surface area contributed by atoms with Crippen LogP contribution >= 0.6 is 0 Å². The highest BCUT2D eigenvalue weighted by Crippen LogP contribution is 2.04. The minimum atomic E-state index is -0.308. The topological polar surface area (TPSA) is 83.9 Å². The van der Waals surface area contributed by atoms with Crippen LogP contribution in [0.2, 0.25) is 0 Å². The van der Waals surface area contributed by atoms with Crippen LogP contribution in [-0.2, 0) is 9.53 Å². The van der Waals surface area contributed by atoms with E-state index in [9.17, 15) is 9.59 Å². The van der Waals surface area contributed by atoms with Gasteiger partial charge in [0, 0.05) is 18.7 Å². The monoisotopic (exact) mass is 349 g/mol. The summed E-state index contributed by atoms with van der Waals surface area (Å²) in [5.41, 5.74) is 0.692. The zero-order chi connectivity index (χ0) is 18.1. The van der Waals surface area contributed by atoms with Crippen molar-refractivity contribution >= 4 is 17.6 Å². The van der Waals surface area contributed by atoms with Crippen molar-refractivity contribution in [3.8, 4) is 0 Å². The van der Waals surface area contributed by atoms with E-state index in [0.717, 1.165) is 32.0 Å². The Morgan fingerprint density at radius 1 is 1.12 bits per heavy atom. The number of hydrogen-bond acceptors (Lipinski definition) is 3. The molecule has 0 bridgehead atoms. The second-order valence-electron chi connectivity index (χ2n) is 6.87. The molecule has 1 aromatic carbocycles. The number of urea groups is 1. The van der Waals surface area contributed by atoms with Crippen molar-refractivity contribution in [2.45, 2.75) is 25.8 Å². The first-order valence-electron chi connectivity index (χ1n) is 8.77. The molecule has 1 heterocycles. The first-order valence-corrected chi connectivity index (χ1v) is 8.77. The predicted molar refractivity (Wildman–Crippen MR) is 96.7 cm³/mol. The van der Waals surface area contributed by atoms with Gasteiger partial charge in [0.15, 0.2) is 0 Å². The van der Waals surface area contributed by atoms with Crippen LogP contribution in [0.3, 0.4) is 0 Å². The van der Waals surface area contributed by atoms with Gasteiger partial charge >= 0.3 is 6.03 Å². The van der Waals surface area contributed by atoms with Gasteiger partial charge in [0.05, 0.1) is 19.8 Å². The molecular formula is C18H29N4O3+. The third-order valence-corrected chi connectivity index (χ3v) is 4.45. The number of hydrogen-bond donors (Lipinski definition) is 4. The molecular weight excluding hydrogens is 320 g/mol. The van der Waals surface area contributed by atoms with Crippen LogP contribution in [0.1, 0.15) is 20.3 Å². The molecule has 1 fully saturated rings. The smallest absolute Gasteiger partial charge is 0.319 e. The normalized spacial score (nSPS) is 15.4. The maximum atomic E-state index is 12.0. The number of carbonyl (C=O) groups is 2. The summed E-state index contributed by atoms with van der Waals surface area (Å²) < 4.78 is 5.38. The maximum Gasteiger partial charge on any atom is 0.319 e. The molecule has 138 valence electrons. The fourth-order valence-electron chi connectivity index (χ4n) is 2.81. The van der Waals surface area contributed by atoms with E-state index >= 15 is 0 Å². The molecule has 0 atom stereocenters. The number of para-hydroxylation sites is 1. The van der Waals surface area contributed by atoms with Crippen molar-refractivity contribution in [1.29, 1.82) is 0 Å². The van der Waals surface area contributed by atoms with Crippen LogP contribution in [0.15, 0.2) is 30.3 Å². The largest absolute Gasteiger partial charge is 0.370 e. The van der Waals surface area contributed by atoms with Crippen molar-refractivity contribution in [2.75, 3.05) is 44.7 Å². The zero-order valence-electron chi connectivity index (χ0n) is 15.1. The second kappa shape index (κ2) is 9.39. The third kappa shape index (κ3) is 6.72. The van der Waals surface area contributed by atoms with Crippen molar-refractivity contribution in [2.24, 2.45) is 0 Å². The van der Waals surface area contributed by atoms with Crippen LogP contribution in [0.4, 0.5) is 10.5 Å². The lowest BCUT2D eigenvalue weighted by Gasteiger charge is -2.37. The van der Waals surface area contributed by atoms with E-state index in [-0.39, 0.29) is 23.9 Å². The number of anilines is 1. The molecule has 1 aromatic rings. The molecule has 7 nitrogen and oxygen atoms in total. The minimum Gasteiger partial charge on any atom is -0.370 e. The van der Waals surface area contributed by atoms with Crippen molar-refractivity contribution in [3.05, 3.63) is 30.3 Å². The summed E-state index contributed by atoms with van der Waals surface area (Å²) in [6, 6.07) is 8.89. The maximum absolute atomic E-state index is 12.0. The Kier molecular flexibility index (Phi) is 7.21. The Labute approximate surface area is 149 Å². The molecule has 0 spiro atoms. The zero-order valence-corrected chi connectivity index (χ0v) is 15.1. The SMILES string of the molecule is CC(C)(CNC(=O)CCNC(=O)Nc1ccccc1)[NH+]1CCOCC1. The number of quaternary nitrogens is 1. The van der Waals surface area contributed by atoms with E-state index in [0.29, 0.717) is 13.1 Å². The van der Waals surface area contributed by atoms with Crippen LogP contribution in [0.25, 0.3) is 0 Å². The Balaban J connectivity index is 1.62. The average Bonchev–Trinajstić information content (AvgIpc) is 2.62. The molecule has 7 heteroatoms. The fourth-order valence-corrected chi connectivity index (χ4v) is 2.81. The molecule has 1 saturated heterocycles. The van der Waals surface area contributed by atoms with Gasteiger partial charge in [-0.3, -0.25) is 4.79 Å². The lowest BCUT2D eigenvalue weighted by molar-refractivity contribution is -0.954. The highest BCUT2D eigenvalue weighted by molar-refractivity contribution is 5.89. The molecule has 4 N–H and O–H groups in total. The summed E-state index contributed by atoms with van der Waals surface area (Å²) in [4.78, 5) is 25.2. The summed E-state index contributed by atoms with van der Waals surface area (Å²) in [7, 11) is 0. The molecule has 3 amide bonds. The molecule has 0 unspecified atom stereocenters. The molecule has 2 rings (SSSR count). The van der Waals surface area contributed by atoms with Crippen LogP contribution in [-0.4, -0.2) is 56.9 Å². The third-order valence-electron chi connectivity index (χ3n) is 4.45. The van der Waals surface area contributed by atoms with Gasteiger partial charge in [-0.15, -0.1) is 0 Å². The van der Waals surface area contributed by atoms with Gasteiger partial charge in [0.25, 0.3) is 0 Å². The molecule has 0 aliphatic carbocycles. The van der Waals surface area contributed by atoms with Crippen LogP contribution in [0.5, 0.6) is 0 Å². The Hall–Kier alpha value is -2.12. The van der Waals surface area contributed by atoms with E-state index in [2.05, 4.69) is 29.8 Å². The quantitative estimate of drug-likeness (QED) is 0.559. The van der Waals surface area contributed by atoms with E-state index in [4.69, 9.17) is 4.74 Å². The number of nitrogens with one attached hydrogen (secondary N) is 4. The van der Waals surface area contributed by atoms with Gasteiger partial charge in [-0.05, 0) is 26.0 Å².